The molecule has 6 N–H and O–H groups in total. The molecule has 14 heteroatoms. The van der Waals surface area contributed by atoms with Crippen LogP contribution in [-0.4, -0.2) is 135 Å². The first-order chi connectivity index (χ1) is 26.0. The minimum Gasteiger partial charge on any atom is -0.458 e. The molecule has 4 aliphatic carbocycles. The zero-order chi connectivity index (χ0) is 39.2. The smallest absolute Gasteiger partial charge is 0.331 e. The fraction of sp³-hybridized carbons (Fsp3) is 0.927. The van der Waals surface area contributed by atoms with Crippen LogP contribution < -0.4 is 0 Å². The van der Waals surface area contributed by atoms with Crippen molar-refractivity contribution in [2.24, 2.45) is 34.5 Å². The number of fused-ring (bicyclic) bond motifs is 5. The second-order valence-electron chi connectivity index (χ2n) is 18.9. The van der Waals surface area contributed by atoms with Gasteiger partial charge in [0.15, 0.2) is 18.9 Å². The highest BCUT2D eigenvalue weighted by Crippen LogP contribution is 2.70. The molecule has 0 aromatic carbocycles. The van der Waals surface area contributed by atoms with Crippen molar-refractivity contribution < 1.29 is 68.6 Å². The highest BCUT2D eigenvalue weighted by molar-refractivity contribution is 5.85. The Hall–Kier alpha value is -1.27. The van der Waals surface area contributed by atoms with Crippen LogP contribution in [0, 0.1) is 34.5 Å². The van der Waals surface area contributed by atoms with Crippen LogP contribution in [0.4, 0.5) is 0 Å². The van der Waals surface area contributed by atoms with E-state index in [0.717, 1.165) is 50.5 Å². The lowest BCUT2D eigenvalue weighted by atomic mass is 9.43. The second-order valence-corrected chi connectivity index (χ2v) is 18.9. The van der Waals surface area contributed by atoms with E-state index in [2.05, 4.69) is 13.8 Å². The molecule has 4 saturated carbocycles. The number of rotatable bonds is 7. The largest absolute Gasteiger partial charge is 0.458 e. The Balaban J connectivity index is 0.834. The zero-order valence-corrected chi connectivity index (χ0v) is 32.9. The summed E-state index contributed by atoms with van der Waals surface area (Å²) in [6.45, 7) is 9.98. The van der Waals surface area contributed by atoms with Crippen molar-refractivity contribution in [2.45, 2.75) is 197 Å². The van der Waals surface area contributed by atoms with E-state index in [1.54, 1.807) is 13.8 Å². The first-order valence-electron chi connectivity index (χ1n) is 20.9. The van der Waals surface area contributed by atoms with E-state index < -0.39 is 90.9 Å². The lowest BCUT2D eigenvalue weighted by molar-refractivity contribution is -0.336. The van der Waals surface area contributed by atoms with E-state index in [1.165, 1.54) is 6.08 Å². The first kappa shape index (κ1) is 40.5. The van der Waals surface area contributed by atoms with Gasteiger partial charge in [-0.15, -0.1) is 0 Å². The molecule has 4 heterocycles. The molecule has 8 rings (SSSR count). The Morgan fingerprint density at radius 1 is 0.691 bits per heavy atom. The molecule has 3 saturated heterocycles. The number of hydrogen-bond acceptors (Lipinski definition) is 14. The molecular formula is C41H64O14. The van der Waals surface area contributed by atoms with E-state index in [9.17, 15) is 35.4 Å². The van der Waals surface area contributed by atoms with Gasteiger partial charge in [-0.1, -0.05) is 13.8 Å². The number of aliphatic hydroxyl groups excluding tert-OH is 5. The van der Waals surface area contributed by atoms with Crippen molar-refractivity contribution in [3.05, 3.63) is 11.6 Å². The van der Waals surface area contributed by atoms with Gasteiger partial charge in [0.1, 0.15) is 24.9 Å². The Bertz CT molecular complexity index is 1410. The van der Waals surface area contributed by atoms with Crippen LogP contribution >= 0.6 is 0 Å². The van der Waals surface area contributed by atoms with Crippen molar-refractivity contribution in [1.82, 2.24) is 0 Å². The molecule has 0 radical (unpaired) electrons. The average Bonchev–Trinajstić information content (AvgIpc) is 3.62. The predicted molar refractivity (Wildman–Crippen MR) is 193 cm³/mol. The number of carbonyl (C=O) groups excluding carboxylic acids is 1. The molecule has 4 aliphatic heterocycles. The summed E-state index contributed by atoms with van der Waals surface area (Å²) in [5, 5.41) is 66.3. The van der Waals surface area contributed by atoms with Gasteiger partial charge in [-0.05, 0) is 94.5 Å². The van der Waals surface area contributed by atoms with Gasteiger partial charge < -0.3 is 63.8 Å². The summed E-state index contributed by atoms with van der Waals surface area (Å²) < 4.78 is 42.1. The molecule has 312 valence electrons. The van der Waals surface area contributed by atoms with E-state index >= 15 is 0 Å². The van der Waals surface area contributed by atoms with Gasteiger partial charge in [0.2, 0.25) is 0 Å². The Labute approximate surface area is 323 Å². The van der Waals surface area contributed by atoms with Gasteiger partial charge in [0.05, 0.1) is 54.4 Å². The van der Waals surface area contributed by atoms with Crippen LogP contribution in [0.25, 0.3) is 0 Å². The number of ether oxygens (including phenoxy) is 7. The Morgan fingerprint density at radius 2 is 1.29 bits per heavy atom. The van der Waals surface area contributed by atoms with Gasteiger partial charge in [0.25, 0.3) is 0 Å². The maximum Gasteiger partial charge on any atom is 0.331 e. The minimum atomic E-state index is -1.01. The third kappa shape index (κ3) is 7.05. The van der Waals surface area contributed by atoms with Crippen LogP contribution in [0.1, 0.15) is 105 Å². The van der Waals surface area contributed by atoms with E-state index in [1.807, 2.05) is 6.92 Å². The van der Waals surface area contributed by atoms with Crippen molar-refractivity contribution in [3.63, 3.8) is 0 Å². The van der Waals surface area contributed by atoms with Gasteiger partial charge in [-0.3, -0.25) is 0 Å². The summed E-state index contributed by atoms with van der Waals surface area (Å²) in [5.74, 6) is 0.174. The van der Waals surface area contributed by atoms with Crippen molar-refractivity contribution in [1.29, 1.82) is 0 Å². The molecule has 0 spiro atoms. The summed E-state index contributed by atoms with van der Waals surface area (Å²) in [5.41, 5.74) is -0.686. The third-order valence-electron chi connectivity index (χ3n) is 15.8. The van der Waals surface area contributed by atoms with Crippen LogP contribution in [0.5, 0.6) is 0 Å². The van der Waals surface area contributed by atoms with Gasteiger partial charge in [-0.2, -0.15) is 0 Å². The van der Waals surface area contributed by atoms with E-state index in [0.29, 0.717) is 18.3 Å². The Morgan fingerprint density at radius 3 is 1.87 bits per heavy atom. The third-order valence-corrected chi connectivity index (χ3v) is 15.8. The molecule has 0 amide bonds. The second kappa shape index (κ2) is 15.1. The predicted octanol–water partition coefficient (Wildman–Crippen LogP) is 2.22. The lowest BCUT2D eigenvalue weighted by Gasteiger charge is -2.63. The van der Waals surface area contributed by atoms with Gasteiger partial charge in [-0.25, -0.2) is 4.79 Å². The molecule has 14 nitrogen and oxygen atoms in total. The van der Waals surface area contributed by atoms with E-state index in [-0.39, 0.29) is 55.2 Å². The normalized spacial score (nSPS) is 55.5. The highest BCUT2D eigenvalue weighted by Gasteiger charge is 2.70. The molecule has 1 unspecified atom stereocenters. The van der Waals surface area contributed by atoms with Crippen LogP contribution in [0.3, 0.4) is 0 Å². The molecule has 7 fully saturated rings. The maximum absolute atomic E-state index is 12.6. The van der Waals surface area contributed by atoms with Crippen molar-refractivity contribution in [3.8, 4) is 0 Å². The summed E-state index contributed by atoms with van der Waals surface area (Å²) in [4.78, 5) is 12.0. The molecule has 55 heavy (non-hydrogen) atoms. The lowest BCUT2D eigenvalue weighted by Crippen LogP contribution is -2.62. The molecule has 8 aliphatic rings. The molecular weight excluding hydrogens is 716 g/mol. The van der Waals surface area contributed by atoms with Crippen molar-refractivity contribution >= 4 is 5.97 Å². The monoisotopic (exact) mass is 780 g/mol. The number of aliphatic hydroxyl groups is 6. The van der Waals surface area contributed by atoms with Crippen LogP contribution in [0.2, 0.25) is 0 Å². The SMILES string of the molecule is C[C@H]1O[C@@H](O[C@H]2[C@@H](O)C[C@H](O[C@H]3[C@@H](O)C[C@H](O[C@H]4CC[C@@]5(C)[C@H](CC[C@@H]6[C@@H]5CC[C@]5(C)C(C7=CC(=O)OC7)[C@@H](O)C[C@]65O)C4)O[C@@H]3C)O[C@@H]2C)C[C@H](O)[C@@H]1O. The maximum atomic E-state index is 12.6. The highest BCUT2D eigenvalue weighted by atomic mass is 16.7. The van der Waals surface area contributed by atoms with Crippen LogP contribution in [0.15, 0.2) is 11.6 Å². The summed E-state index contributed by atoms with van der Waals surface area (Å²) in [7, 11) is 0. The van der Waals surface area contributed by atoms with Crippen LogP contribution in [-0.2, 0) is 38.0 Å². The summed E-state index contributed by atoms with van der Waals surface area (Å²) in [6.07, 6.45) is -1.26. The number of carbonyl (C=O) groups is 1. The molecule has 21 atom stereocenters. The summed E-state index contributed by atoms with van der Waals surface area (Å²) >= 11 is 0. The Kier molecular flexibility index (Phi) is 11.1. The summed E-state index contributed by atoms with van der Waals surface area (Å²) in [6, 6.07) is 0. The first-order valence-corrected chi connectivity index (χ1v) is 20.9. The van der Waals surface area contributed by atoms with Gasteiger partial charge >= 0.3 is 5.97 Å². The van der Waals surface area contributed by atoms with Crippen molar-refractivity contribution in [2.75, 3.05) is 6.61 Å². The fourth-order valence-electron chi connectivity index (χ4n) is 12.9. The number of hydrogen-bond donors (Lipinski definition) is 6. The topological polar surface area (TPSA) is 203 Å². The molecule has 0 bridgehead atoms. The fourth-order valence-corrected chi connectivity index (χ4v) is 12.9. The quantitative estimate of drug-likeness (QED) is 0.162. The zero-order valence-electron chi connectivity index (χ0n) is 32.9. The van der Waals surface area contributed by atoms with Gasteiger partial charge in [0, 0.05) is 43.1 Å². The molecule has 0 aromatic heterocycles. The standard InChI is InChI=1S/C41H64O14/c1-19-36(47)27(42)14-33(50-19)54-38-21(3)52-34(16-29(38)44)55-37-20(2)51-32(15-28(37)43)53-24-8-10-39(4)23(13-24)6-7-26-25(39)9-11-40(5)35(22-12-31(46)49-18-22)30(45)17-41(26,40)48/h12,19-21,23-30,32-38,42-45,47-48H,6-11,13-18H2,1-5H3/t19-,20-,21-,23-,24+,25+,26-,27+,28+,29+,30+,32+,33+,34+,35?,36-,37-,38-,39+,40-,41+/m1/s1. The molecule has 0 aromatic rings. The van der Waals surface area contributed by atoms with E-state index in [4.69, 9.17) is 33.2 Å². The number of esters is 1. The average molecular weight is 781 g/mol. The number of cyclic esters (lactones) is 1. The minimum absolute atomic E-state index is 0.0203.